The topological polar surface area (TPSA) is 61.4 Å². The van der Waals surface area contributed by atoms with Gasteiger partial charge in [-0.1, -0.05) is 12.1 Å². The second-order valence-corrected chi connectivity index (χ2v) is 4.17. The van der Waals surface area contributed by atoms with Gasteiger partial charge in [-0.05, 0) is 17.7 Å². The Morgan fingerprint density at radius 1 is 1.56 bits per heavy atom. The molecule has 2 rings (SSSR count). The van der Waals surface area contributed by atoms with Crippen LogP contribution in [0.1, 0.15) is 11.7 Å². The van der Waals surface area contributed by atoms with Crippen molar-refractivity contribution < 1.29 is 14.3 Å². The van der Waals surface area contributed by atoms with E-state index in [-0.39, 0.29) is 30.8 Å². The Morgan fingerprint density at radius 2 is 2.28 bits per heavy atom. The summed E-state index contributed by atoms with van der Waals surface area (Å²) in [5.74, 6) is -0.468. The van der Waals surface area contributed by atoms with Gasteiger partial charge in [0, 0.05) is 19.6 Å². The Morgan fingerprint density at radius 3 is 2.83 bits per heavy atom. The molecule has 1 amide bonds. The van der Waals surface area contributed by atoms with E-state index in [2.05, 4.69) is 10.6 Å². The van der Waals surface area contributed by atoms with Gasteiger partial charge in [0.05, 0.1) is 12.0 Å². The summed E-state index contributed by atoms with van der Waals surface area (Å²) in [7, 11) is 0. The third kappa shape index (κ3) is 3.66. The van der Waals surface area contributed by atoms with Crippen molar-refractivity contribution in [2.45, 2.75) is 6.10 Å². The van der Waals surface area contributed by atoms with Gasteiger partial charge in [0.2, 0.25) is 5.91 Å². The van der Waals surface area contributed by atoms with Gasteiger partial charge in [-0.15, -0.1) is 12.4 Å². The fourth-order valence-corrected chi connectivity index (χ4v) is 1.65. The van der Waals surface area contributed by atoms with E-state index in [1.54, 1.807) is 6.07 Å². The maximum atomic E-state index is 12.9. The zero-order valence-electron chi connectivity index (χ0n) is 9.73. The van der Waals surface area contributed by atoms with Crippen molar-refractivity contribution in [2.24, 2.45) is 5.92 Å². The number of amides is 1. The van der Waals surface area contributed by atoms with E-state index in [1.807, 2.05) is 0 Å². The highest BCUT2D eigenvalue weighted by molar-refractivity contribution is 5.85. The maximum Gasteiger partial charge on any atom is 0.225 e. The van der Waals surface area contributed by atoms with Crippen LogP contribution in [0.5, 0.6) is 0 Å². The van der Waals surface area contributed by atoms with Crippen LogP contribution in [0.3, 0.4) is 0 Å². The minimum absolute atomic E-state index is 0. The van der Waals surface area contributed by atoms with Crippen LogP contribution in [-0.4, -0.2) is 30.6 Å². The summed E-state index contributed by atoms with van der Waals surface area (Å²) in [5.41, 5.74) is 0.469. The Labute approximate surface area is 111 Å². The van der Waals surface area contributed by atoms with Crippen LogP contribution in [0.25, 0.3) is 0 Å². The van der Waals surface area contributed by atoms with Crippen LogP contribution >= 0.6 is 12.4 Å². The Hall–Kier alpha value is -1.17. The Balaban J connectivity index is 0.00000162. The van der Waals surface area contributed by atoms with Gasteiger partial charge in [0.1, 0.15) is 5.82 Å². The lowest BCUT2D eigenvalue weighted by Gasteiger charge is -2.26. The van der Waals surface area contributed by atoms with Crippen molar-refractivity contribution in [2.75, 3.05) is 19.6 Å². The van der Waals surface area contributed by atoms with Crippen LogP contribution < -0.4 is 10.6 Å². The van der Waals surface area contributed by atoms with Gasteiger partial charge < -0.3 is 15.7 Å². The van der Waals surface area contributed by atoms with Crippen LogP contribution in [0, 0.1) is 11.7 Å². The molecule has 100 valence electrons. The normalized spacial score (nSPS) is 16.3. The van der Waals surface area contributed by atoms with Gasteiger partial charge in [-0.25, -0.2) is 4.39 Å². The van der Waals surface area contributed by atoms with E-state index in [0.717, 1.165) is 0 Å². The van der Waals surface area contributed by atoms with Crippen molar-refractivity contribution in [3.05, 3.63) is 35.6 Å². The van der Waals surface area contributed by atoms with Crippen LogP contribution in [0.15, 0.2) is 24.3 Å². The largest absolute Gasteiger partial charge is 0.387 e. The van der Waals surface area contributed by atoms with Crippen LogP contribution in [-0.2, 0) is 4.79 Å². The number of hydrogen-bond donors (Lipinski definition) is 3. The van der Waals surface area contributed by atoms with Crippen molar-refractivity contribution in [3.63, 3.8) is 0 Å². The predicted octanol–water partition coefficient (Wildman–Crippen LogP) is 0.616. The molecule has 3 N–H and O–H groups in total. The molecule has 1 atom stereocenters. The molecule has 0 radical (unpaired) electrons. The first-order valence-electron chi connectivity index (χ1n) is 5.59. The lowest BCUT2D eigenvalue weighted by molar-refractivity contribution is -0.126. The van der Waals surface area contributed by atoms with Gasteiger partial charge in [-0.2, -0.15) is 0 Å². The Kier molecular flexibility index (Phi) is 5.53. The zero-order chi connectivity index (χ0) is 12.3. The summed E-state index contributed by atoms with van der Waals surface area (Å²) in [6, 6.07) is 5.74. The summed E-state index contributed by atoms with van der Waals surface area (Å²) in [5, 5.41) is 15.4. The number of halogens is 2. The standard InChI is InChI=1S/C12H15FN2O2.ClH/c13-10-3-1-2-8(4-10)11(16)7-15-12(17)9-5-14-6-9;/h1-4,9,11,14,16H,5-7H2,(H,15,17);1H. The van der Waals surface area contributed by atoms with E-state index in [4.69, 9.17) is 0 Å². The monoisotopic (exact) mass is 274 g/mol. The van der Waals surface area contributed by atoms with Crippen LogP contribution in [0.4, 0.5) is 4.39 Å². The highest BCUT2D eigenvalue weighted by atomic mass is 35.5. The lowest BCUT2D eigenvalue weighted by atomic mass is 10.0. The molecule has 1 fully saturated rings. The molecule has 1 heterocycles. The van der Waals surface area contributed by atoms with E-state index in [0.29, 0.717) is 18.7 Å². The molecule has 0 saturated carbocycles. The Bertz CT molecular complexity index is 413. The molecule has 0 spiro atoms. The highest BCUT2D eigenvalue weighted by Crippen LogP contribution is 2.13. The number of aliphatic hydroxyl groups is 1. The second-order valence-electron chi connectivity index (χ2n) is 4.17. The third-order valence-electron chi connectivity index (χ3n) is 2.86. The molecule has 4 nitrogen and oxygen atoms in total. The number of benzene rings is 1. The SMILES string of the molecule is Cl.O=C(NCC(O)c1cccc(F)c1)C1CNC1. The number of rotatable bonds is 4. The van der Waals surface area contributed by atoms with E-state index < -0.39 is 11.9 Å². The van der Waals surface area contributed by atoms with E-state index in [9.17, 15) is 14.3 Å². The minimum atomic E-state index is -0.873. The van der Waals surface area contributed by atoms with Gasteiger partial charge >= 0.3 is 0 Å². The van der Waals surface area contributed by atoms with E-state index >= 15 is 0 Å². The molecule has 1 saturated heterocycles. The summed E-state index contributed by atoms with van der Waals surface area (Å²) < 4.78 is 12.9. The third-order valence-corrected chi connectivity index (χ3v) is 2.86. The summed E-state index contributed by atoms with van der Waals surface area (Å²) in [6.45, 7) is 1.47. The number of aliphatic hydroxyl groups excluding tert-OH is 1. The molecular weight excluding hydrogens is 259 g/mol. The fraction of sp³-hybridized carbons (Fsp3) is 0.417. The first kappa shape index (κ1) is 14.9. The van der Waals surface area contributed by atoms with Crippen molar-refractivity contribution in [1.29, 1.82) is 0 Å². The smallest absolute Gasteiger partial charge is 0.225 e. The second kappa shape index (κ2) is 6.68. The van der Waals surface area contributed by atoms with Gasteiger partial charge in [-0.3, -0.25) is 4.79 Å². The molecule has 6 heteroatoms. The molecular formula is C12H16ClFN2O2. The number of carbonyl (C=O) groups excluding carboxylic acids is 1. The average Bonchev–Trinajstić information content (AvgIpc) is 2.23. The first-order valence-corrected chi connectivity index (χ1v) is 5.59. The quantitative estimate of drug-likeness (QED) is 0.754. The van der Waals surface area contributed by atoms with Crippen LogP contribution in [0.2, 0.25) is 0 Å². The molecule has 18 heavy (non-hydrogen) atoms. The summed E-state index contributed by atoms with van der Waals surface area (Å²) >= 11 is 0. The minimum Gasteiger partial charge on any atom is -0.387 e. The maximum absolute atomic E-state index is 12.9. The van der Waals surface area contributed by atoms with E-state index in [1.165, 1.54) is 18.2 Å². The van der Waals surface area contributed by atoms with Crippen molar-refractivity contribution >= 4 is 18.3 Å². The molecule has 0 aromatic heterocycles. The molecule has 0 bridgehead atoms. The predicted molar refractivity (Wildman–Crippen MR) is 68.0 cm³/mol. The van der Waals surface area contributed by atoms with Crippen molar-refractivity contribution in [3.8, 4) is 0 Å². The molecule has 1 aromatic rings. The molecule has 1 unspecified atom stereocenters. The van der Waals surface area contributed by atoms with Gasteiger partial charge in [0.25, 0.3) is 0 Å². The van der Waals surface area contributed by atoms with Crippen molar-refractivity contribution in [1.82, 2.24) is 10.6 Å². The molecule has 1 aliphatic heterocycles. The number of carbonyl (C=O) groups is 1. The molecule has 1 aliphatic rings. The van der Waals surface area contributed by atoms with Gasteiger partial charge in [0.15, 0.2) is 0 Å². The summed E-state index contributed by atoms with van der Waals surface area (Å²) in [6.07, 6.45) is -0.873. The summed E-state index contributed by atoms with van der Waals surface area (Å²) in [4.78, 5) is 11.5. The molecule has 0 aliphatic carbocycles. The average molecular weight is 275 g/mol. The fourth-order valence-electron chi connectivity index (χ4n) is 1.65. The number of nitrogens with one attached hydrogen (secondary N) is 2. The molecule has 1 aromatic carbocycles. The number of hydrogen-bond acceptors (Lipinski definition) is 3. The lowest BCUT2D eigenvalue weighted by Crippen LogP contribution is -2.51. The highest BCUT2D eigenvalue weighted by Gasteiger charge is 2.24. The first-order chi connectivity index (χ1) is 8.16. The zero-order valence-corrected chi connectivity index (χ0v) is 10.5.